The summed E-state index contributed by atoms with van der Waals surface area (Å²) in [6.45, 7) is 4.74. The highest BCUT2D eigenvalue weighted by molar-refractivity contribution is 6.32. The van der Waals surface area contributed by atoms with Crippen molar-refractivity contribution in [2.75, 3.05) is 32.8 Å². The molecule has 2 aliphatic rings. The van der Waals surface area contributed by atoms with Crippen LogP contribution < -0.4 is 14.8 Å². The fourth-order valence-corrected chi connectivity index (χ4v) is 3.67. The van der Waals surface area contributed by atoms with Gasteiger partial charge in [-0.05, 0) is 17.7 Å². The van der Waals surface area contributed by atoms with E-state index in [1.165, 1.54) is 0 Å². The zero-order chi connectivity index (χ0) is 16.5. The lowest BCUT2D eigenvalue weighted by molar-refractivity contribution is 0.143. The number of hydrogen-bond acceptors (Lipinski definition) is 5. The Morgan fingerprint density at radius 2 is 2.21 bits per heavy atom. The van der Waals surface area contributed by atoms with Crippen molar-refractivity contribution < 1.29 is 9.47 Å². The van der Waals surface area contributed by atoms with Crippen LogP contribution in [0.1, 0.15) is 17.4 Å². The van der Waals surface area contributed by atoms with Crippen molar-refractivity contribution in [1.82, 2.24) is 19.8 Å². The van der Waals surface area contributed by atoms with Crippen molar-refractivity contribution in [3.8, 4) is 11.5 Å². The molecule has 1 saturated heterocycles. The van der Waals surface area contributed by atoms with Crippen molar-refractivity contribution in [2.45, 2.75) is 12.6 Å². The minimum atomic E-state index is 0.241. The largest absolute Gasteiger partial charge is 0.486 e. The summed E-state index contributed by atoms with van der Waals surface area (Å²) in [5.74, 6) is 2.48. The van der Waals surface area contributed by atoms with Gasteiger partial charge in [0.25, 0.3) is 0 Å². The van der Waals surface area contributed by atoms with E-state index >= 15 is 0 Å². The van der Waals surface area contributed by atoms with Gasteiger partial charge in [-0.1, -0.05) is 11.6 Å². The molecular weight excluding hydrogens is 328 g/mol. The first-order valence-corrected chi connectivity index (χ1v) is 8.60. The molecule has 0 spiro atoms. The Kier molecular flexibility index (Phi) is 4.35. The smallest absolute Gasteiger partial charge is 0.179 e. The molecule has 4 rings (SSSR count). The molecule has 0 radical (unpaired) electrons. The molecule has 3 heterocycles. The van der Waals surface area contributed by atoms with Crippen LogP contribution in [0.4, 0.5) is 0 Å². The Labute approximate surface area is 146 Å². The molecule has 1 aromatic carbocycles. The Morgan fingerprint density at radius 3 is 3.04 bits per heavy atom. The predicted octanol–water partition coefficient (Wildman–Crippen LogP) is 1.99. The number of fused-ring (bicyclic) bond motifs is 1. The van der Waals surface area contributed by atoms with Crippen molar-refractivity contribution in [3.05, 3.63) is 40.9 Å². The van der Waals surface area contributed by atoms with Crippen LogP contribution in [0.15, 0.2) is 24.5 Å². The normalized spacial score (nSPS) is 21.0. The molecule has 0 bridgehead atoms. The van der Waals surface area contributed by atoms with E-state index in [1.807, 2.05) is 31.6 Å². The average molecular weight is 349 g/mol. The van der Waals surface area contributed by atoms with Gasteiger partial charge in [0.1, 0.15) is 19.0 Å². The summed E-state index contributed by atoms with van der Waals surface area (Å²) in [6, 6.07) is 4.26. The second-order valence-corrected chi connectivity index (χ2v) is 6.60. The van der Waals surface area contributed by atoms with Crippen LogP contribution in [0.2, 0.25) is 5.02 Å². The molecule has 2 aliphatic heterocycles. The van der Waals surface area contributed by atoms with Gasteiger partial charge in [-0.25, -0.2) is 4.98 Å². The van der Waals surface area contributed by atoms with Gasteiger partial charge in [0.2, 0.25) is 0 Å². The maximum Gasteiger partial charge on any atom is 0.179 e. The van der Waals surface area contributed by atoms with Crippen LogP contribution in [-0.2, 0) is 13.6 Å². The van der Waals surface area contributed by atoms with E-state index in [0.717, 1.165) is 43.3 Å². The first-order valence-electron chi connectivity index (χ1n) is 8.22. The SMILES string of the molecule is Cn1ccnc1C1CNCCN1Cc1cc(Cl)c2c(c1)OCCO2. The number of hydrogen-bond donors (Lipinski definition) is 1. The molecule has 0 aliphatic carbocycles. The minimum absolute atomic E-state index is 0.241. The molecule has 0 saturated carbocycles. The summed E-state index contributed by atoms with van der Waals surface area (Å²) >= 11 is 6.37. The van der Waals surface area contributed by atoms with Gasteiger partial charge in [0.15, 0.2) is 11.5 Å². The van der Waals surface area contributed by atoms with Gasteiger partial charge in [-0.3, -0.25) is 4.90 Å². The van der Waals surface area contributed by atoms with E-state index in [9.17, 15) is 0 Å². The number of aryl methyl sites for hydroxylation is 1. The molecule has 24 heavy (non-hydrogen) atoms. The number of nitrogens with one attached hydrogen (secondary N) is 1. The Hall–Kier alpha value is -1.76. The van der Waals surface area contributed by atoms with Gasteiger partial charge in [-0.2, -0.15) is 0 Å². The van der Waals surface area contributed by atoms with E-state index in [4.69, 9.17) is 21.1 Å². The molecular formula is C17H21ClN4O2. The fourth-order valence-electron chi connectivity index (χ4n) is 3.38. The number of imidazole rings is 1. The summed E-state index contributed by atoms with van der Waals surface area (Å²) in [7, 11) is 2.04. The molecule has 6 nitrogen and oxygen atoms in total. The number of aromatic nitrogens is 2. The number of ether oxygens (including phenoxy) is 2. The number of nitrogens with zero attached hydrogens (tertiary/aromatic N) is 3. The first-order chi connectivity index (χ1) is 11.7. The number of benzene rings is 1. The molecule has 1 atom stereocenters. The van der Waals surface area contributed by atoms with Crippen molar-refractivity contribution in [1.29, 1.82) is 0 Å². The van der Waals surface area contributed by atoms with Crippen LogP contribution >= 0.6 is 11.6 Å². The molecule has 1 aromatic heterocycles. The number of rotatable bonds is 3. The highest BCUT2D eigenvalue weighted by atomic mass is 35.5. The van der Waals surface area contributed by atoms with Crippen molar-refractivity contribution >= 4 is 11.6 Å². The van der Waals surface area contributed by atoms with E-state index in [0.29, 0.717) is 24.0 Å². The van der Waals surface area contributed by atoms with Crippen LogP contribution in [0, 0.1) is 0 Å². The highest BCUT2D eigenvalue weighted by Gasteiger charge is 2.27. The van der Waals surface area contributed by atoms with Gasteiger partial charge < -0.3 is 19.4 Å². The van der Waals surface area contributed by atoms with Gasteiger partial charge in [0, 0.05) is 45.6 Å². The van der Waals surface area contributed by atoms with Crippen LogP contribution in [0.3, 0.4) is 0 Å². The third kappa shape index (κ3) is 2.97. The maximum atomic E-state index is 6.37. The topological polar surface area (TPSA) is 51.6 Å². The monoisotopic (exact) mass is 348 g/mol. The summed E-state index contributed by atoms with van der Waals surface area (Å²) in [5, 5.41) is 4.08. The van der Waals surface area contributed by atoms with Crippen LogP contribution in [-0.4, -0.2) is 47.3 Å². The fraction of sp³-hybridized carbons (Fsp3) is 0.471. The minimum Gasteiger partial charge on any atom is -0.486 e. The van der Waals surface area contributed by atoms with Crippen LogP contribution in [0.5, 0.6) is 11.5 Å². The van der Waals surface area contributed by atoms with E-state index in [1.54, 1.807) is 0 Å². The molecule has 7 heteroatoms. The Bertz CT molecular complexity index is 733. The standard InChI is InChI=1S/C17H21ClN4O2/c1-21-4-3-20-17(21)14-10-19-2-5-22(14)11-12-8-13(18)16-15(9-12)23-6-7-24-16/h3-4,8-9,14,19H,2,5-7,10-11H2,1H3. The third-order valence-corrected chi connectivity index (χ3v) is 4.83. The molecule has 1 unspecified atom stereocenters. The Balaban J connectivity index is 1.59. The zero-order valence-electron chi connectivity index (χ0n) is 13.7. The lowest BCUT2D eigenvalue weighted by atomic mass is 10.1. The summed E-state index contributed by atoms with van der Waals surface area (Å²) < 4.78 is 13.4. The lowest BCUT2D eigenvalue weighted by Crippen LogP contribution is -2.46. The predicted molar refractivity (Wildman–Crippen MR) is 91.7 cm³/mol. The quantitative estimate of drug-likeness (QED) is 0.919. The van der Waals surface area contributed by atoms with E-state index < -0.39 is 0 Å². The zero-order valence-corrected chi connectivity index (χ0v) is 14.4. The van der Waals surface area contributed by atoms with E-state index in [2.05, 4.69) is 19.8 Å². The van der Waals surface area contributed by atoms with Crippen molar-refractivity contribution in [3.63, 3.8) is 0 Å². The molecule has 1 fully saturated rings. The molecule has 128 valence electrons. The molecule has 1 N–H and O–H groups in total. The maximum absolute atomic E-state index is 6.37. The summed E-state index contributed by atoms with van der Waals surface area (Å²) in [5.41, 5.74) is 1.13. The summed E-state index contributed by atoms with van der Waals surface area (Å²) in [6.07, 6.45) is 3.84. The number of piperazine rings is 1. The van der Waals surface area contributed by atoms with Gasteiger partial charge in [0.05, 0.1) is 11.1 Å². The average Bonchev–Trinajstić information content (AvgIpc) is 3.01. The molecule has 2 aromatic rings. The van der Waals surface area contributed by atoms with Crippen LogP contribution in [0.25, 0.3) is 0 Å². The second kappa shape index (κ2) is 6.63. The number of halogens is 1. The molecule has 0 amide bonds. The van der Waals surface area contributed by atoms with Gasteiger partial charge in [-0.15, -0.1) is 0 Å². The Morgan fingerprint density at radius 1 is 1.33 bits per heavy atom. The van der Waals surface area contributed by atoms with E-state index in [-0.39, 0.29) is 6.04 Å². The second-order valence-electron chi connectivity index (χ2n) is 6.19. The summed E-state index contributed by atoms with van der Waals surface area (Å²) in [4.78, 5) is 6.96. The third-order valence-electron chi connectivity index (χ3n) is 4.55. The van der Waals surface area contributed by atoms with Crippen molar-refractivity contribution in [2.24, 2.45) is 7.05 Å². The van der Waals surface area contributed by atoms with Gasteiger partial charge >= 0.3 is 0 Å². The lowest BCUT2D eigenvalue weighted by Gasteiger charge is -2.36. The highest BCUT2D eigenvalue weighted by Crippen LogP contribution is 2.39. The first kappa shape index (κ1) is 15.7.